The number of rotatable bonds is 2. The summed E-state index contributed by atoms with van der Waals surface area (Å²) in [5.74, 6) is 0.0522. The molecule has 0 amide bonds. The number of nitrogens with zero attached hydrogens (tertiary/aromatic N) is 1. The van der Waals surface area contributed by atoms with Gasteiger partial charge in [0.25, 0.3) is 0 Å². The topological polar surface area (TPSA) is 33.0 Å². The molecule has 0 heterocycles. The van der Waals surface area contributed by atoms with Gasteiger partial charge in [-0.15, -0.1) is 0 Å². The molecule has 0 aromatic heterocycles. The van der Waals surface area contributed by atoms with Crippen LogP contribution in [0.25, 0.3) is 10.8 Å². The number of ether oxygens (including phenoxy) is 1. The maximum absolute atomic E-state index is 13.9. The van der Waals surface area contributed by atoms with Crippen molar-refractivity contribution in [2.45, 2.75) is 0 Å². The molecular weight excluding hydrogens is 333 g/mol. The monoisotopic (exact) mass is 341 g/mol. The van der Waals surface area contributed by atoms with Crippen LogP contribution in [-0.4, -0.2) is 0 Å². The average molecular weight is 342 g/mol. The molecule has 2 nitrogen and oxygen atoms in total. The van der Waals surface area contributed by atoms with Gasteiger partial charge in [-0.1, -0.05) is 30.3 Å². The highest BCUT2D eigenvalue weighted by molar-refractivity contribution is 9.10. The summed E-state index contributed by atoms with van der Waals surface area (Å²) in [6, 6.07) is 17.6. The second-order valence-electron chi connectivity index (χ2n) is 4.46. The van der Waals surface area contributed by atoms with E-state index in [9.17, 15) is 4.39 Å². The summed E-state index contributed by atoms with van der Waals surface area (Å²) in [5, 5.41) is 10.8. The van der Waals surface area contributed by atoms with Crippen molar-refractivity contribution in [3.8, 4) is 17.6 Å². The standard InChI is InChI=1S/C17H9BrFNO/c18-17-13-4-2-1-3-12(13)6-8-16(17)21-15-7-5-11(10-20)9-14(15)19/h1-9H. The van der Waals surface area contributed by atoms with E-state index in [0.29, 0.717) is 5.75 Å². The van der Waals surface area contributed by atoms with Gasteiger partial charge in [0.15, 0.2) is 11.6 Å². The fourth-order valence-corrected chi connectivity index (χ4v) is 2.64. The fraction of sp³-hybridized carbons (Fsp3) is 0. The van der Waals surface area contributed by atoms with Crippen molar-refractivity contribution >= 4 is 26.7 Å². The molecule has 0 unspecified atom stereocenters. The number of hydrogen-bond donors (Lipinski definition) is 0. The predicted molar refractivity (Wildman–Crippen MR) is 82.8 cm³/mol. The van der Waals surface area contributed by atoms with Crippen LogP contribution >= 0.6 is 15.9 Å². The number of halogens is 2. The molecule has 0 bridgehead atoms. The van der Waals surface area contributed by atoms with E-state index < -0.39 is 5.82 Å². The van der Waals surface area contributed by atoms with Gasteiger partial charge in [0.1, 0.15) is 5.75 Å². The number of nitriles is 1. The zero-order valence-corrected chi connectivity index (χ0v) is 12.4. The van der Waals surface area contributed by atoms with Gasteiger partial charge in [0.05, 0.1) is 16.1 Å². The molecule has 0 atom stereocenters. The van der Waals surface area contributed by atoms with Gasteiger partial charge in [-0.25, -0.2) is 4.39 Å². The SMILES string of the molecule is N#Cc1ccc(Oc2ccc3ccccc3c2Br)c(F)c1. The minimum absolute atomic E-state index is 0.0879. The van der Waals surface area contributed by atoms with Crippen molar-refractivity contribution < 1.29 is 9.13 Å². The van der Waals surface area contributed by atoms with Crippen LogP contribution in [-0.2, 0) is 0 Å². The third kappa shape index (κ3) is 2.61. The van der Waals surface area contributed by atoms with Crippen molar-refractivity contribution in [1.29, 1.82) is 5.26 Å². The minimum Gasteiger partial charge on any atom is -0.453 e. The zero-order valence-electron chi connectivity index (χ0n) is 10.8. The normalized spacial score (nSPS) is 10.3. The highest BCUT2D eigenvalue weighted by Gasteiger charge is 2.10. The predicted octanol–water partition coefficient (Wildman–Crippen LogP) is 5.41. The quantitative estimate of drug-likeness (QED) is 0.624. The molecule has 0 fully saturated rings. The second-order valence-corrected chi connectivity index (χ2v) is 5.25. The van der Waals surface area contributed by atoms with E-state index in [-0.39, 0.29) is 11.3 Å². The first kappa shape index (κ1) is 13.6. The Morgan fingerprint density at radius 1 is 1.00 bits per heavy atom. The third-order valence-corrected chi connectivity index (χ3v) is 3.93. The Balaban J connectivity index is 2.02. The Morgan fingerprint density at radius 2 is 1.76 bits per heavy atom. The van der Waals surface area contributed by atoms with Crippen molar-refractivity contribution in [2.24, 2.45) is 0 Å². The van der Waals surface area contributed by atoms with E-state index in [1.807, 2.05) is 36.4 Å². The summed E-state index contributed by atoms with van der Waals surface area (Å²) in [4.78, 5) is 0. The molecule has 3 aromatic rings. The molecule has 102 valence electrons. The van der Waals surface area contributed by atoms with Gasteiger partial charge in [0.2, 0.25) is 0 Å². The van der Waals surface area contributed by atoms with Crippen molar-refractivity contribution in [1.82, 2.24) is 0 Å². The first-order valence-electron chi connectivity index (χ1n) is 6.24. The summed E-state index contributed by atoms with van der Waals surface area (Å²) in [6.45, 7) is 0. The molecule has 0 saturated carbocycles. The molecule has 0 N–H and O–H groups in total. The second kappa shape index (κ2) is 5.55. The van der Waals surface area contributed by atoms with E-state index in [2.05, 4.69) is 15.9 Å². The van der Waals surface area contributed by atoms with Crippen molar-refractivity contribution in [3.05, 3.63) is 70.5 Å². The number of fused-ring (bicyclic) bond motifs is 1. The first-order chi connectivity index (χ1) is 10.2. The van der Waals surface area contributed by atoms with Crippen LogP contribution < -0.4 is 4.74 Å². The first-order valence-corrected chi connectivity index (χ1v) is 7.03. The minimum atomic E-state index is -0.561. The molecule has 0 saturated heterocycles. The van der Waals surface area contributed by atoms with Gasteiger partial charge in [-0.05, 0) is 51.0 Å². The highest BCUT2D eigenvalue weighted by Crippen LogP contribution is 2.36. The Kier molecular flexibility index (Phi) is 3.59. The van der Waals surface area contributed by atoms with Crippen LogP contribution in [0.2, 0.25) is 0 Å². The molecule has 0 aliphatic rings. The van der Waals surface area contributed by atoms with Gasteiger partial charge < -0.3 is 4.74 Å². The summed E-state index contributed by atoms with van der Waals surface area (Å²) in [6.07, 6.45) is 0. The molecule has 0 aliphatic heterocycles. The van der Waals surface area contributed by atoms with E-state index in [1.165, 1.54) is 12.1 Å². The lowest BCUT2D eigenvalue weighted by Crippen LogP contribution is -1.91. The van der Waals surface area contributed by atoms with Crippen LogP contribution in [0.3, 0.4) is 0 Å². The Hall–Kier alpha value is -2.38. The fourth-order valence-electron chi connectivity index (χ4n) is 2.06. The van der Waals surface area contributed by atoms with Gasteiger partial charge in [0, 0.05) is 0 Å². The van der Waals surface area contributed by atoms with Crippen molar-refractivity contribution in [3.63, 3.8) is 0 Å². The van der Waals surface area contributed by atoms with Crippen LogP contribution in [0.15, 0.2) is 59.1 Å². The smallest absolute Gasteiger partial charge is 0.167 e. The summed E-state index contributed by atoms with van der Waals surface area (Å²) in [5.41, 5.74) is 0.262. The van der Waals surface area contributed by atoms with E-state index in [4.69, 9.17) is 10.00 Å². The molecule has 0 radical (unpaired) electrons. The molecule has 21 heavy (non-hydrogen) atoms. The maximum atomic E-state index is 13.9. The number of hydrogen-bond acceptors (Lipinski definition) is 2. The van der Waals surface area contributed by atoms with Crippen LogP contribution in [0.1, 0.15) is 5.56 Å². The molecule has 3 aromatic carbocycles. The van der Waals surface area contributed by atoms with Gasteiger partial charge in [-0.2, -0.15) is 5.26 Å². The summed E-state index contributed by atoms with van der Waals surface area (Å²) < 4.78 is 20.3. The van der Waals surface area contributed by atoms with Crippen LogP contribution in [0, 0.1) is 17.1 Å². The third-order valence-electron chi connectivity index (χ3n) is 3.11. The lowest BCUT2D eigenvalue weighted by molar-refractivity contribution is 0.440. The Bertz CT molecular complexity index is 870. The van der Waals surface area contributed by atoms with Crippen LogP contribution in [0.5, 0.6) is 11.5 Å². The van der Waals surface area contributed by atoms with Crippen molar-refractivity contribution in [2.75, 3.05) is 0 Å². The van der Waals surface area contributed by atoms with Gasteiger partial charge >= 0.3 is 0 Å². The maximum Gasteiger partial charge on any atom is 0.167 e. The number of benzene rings is 3. The van der Waals surface area contributed by atoms with Gasteiger partial charge in [-0.3, -0.25) is 0 Å². The highest BCUT2D eigenvalue weighted by atomic mass is 79.9. The lowest BCUT2D eigenvalue weighted by atomic mass is 10.1. The zero-order chi connectivity index (χ0) is 14.8. The van der Waals surface area contributed by atoms with E-state index in [1.54, 1.807) is 6.07 Å². The Labute approximate surface area is 129 Å². The Morgan fingerprint density at radius 3 is 2.52 bits per heavy atom. The average Bonchev–Trinajstić information content (AvgIpc) is 2.52. The molecular formula is C17H9BrFNO. The molecule has 3 rings (SSSR count). The molecule has 0 aliphatic carbocycles. The summed E-state index contributed by atoms with van der Waals surface area (Å²) in [7, 11) is 0. The largest absolute Gasteiger partial charge is 0.453 e. The lowest BCUT2D eigenvalue weighted by Gasteiger charge is -2.10. The van der Waals surface area contributed by atoms with E-state index >= 15 is 0 Å². The van der Waals surface area contributed by atoms with Crippen LogP contribution in [0.4, 0.5) is 4.39 Å². The van der Waals surface area contributed by atoms with E-state index in [0.717, 1.165) is 21.3 Å². The summed E-state index contributed by atoms with van der Waals surface area (Å²) >= 11 is 3.49. The molecule has 4 heteroatoms. The molecule has 0 spiro atoms.